The fourth-order valence-electron chi connectivity index (χ4n) is 1.28. The van der Waals surface area contributed by atoms with Crippen molar-refractivity contribution in [2.75, 3.05) is 0 Å². The van der Waals surface area contributed by atoms with E-state index in [2.05, 4.69) is 13.8 Å². The van der Waals surface area contributed by atoms with E-state index in [1.54, 1.807) is 6.07 Å². The first-order valence-corrected chi connectivity index (χ1v) is 4.38. The van der Waals surface area contributed by atoms with Crippen LogP contribution >= 0.6 is 0 Å². The Bertz CT molecular complexity index is 253. The fourth-order valence-corrected chi connectivity index (χ4v) is 1.28. The summed E-state index contributed by atoms with van der Waals surface area (Å²) in [6.07, 6.45) is 2.87. The Labute approximate surface area is 74.1 Å². The third-order valence-corrected chi connectivity index (χ3v) is 1.95. The van der Waals surface area contributed by atoms with Crippen molar-refractivity contribution in [3.05, 3.63) is 36.2 Å². The molecule has 0 aliphatic heterocycles. The Morgan fingerprint density at radius 2 is 2.17 bits per heavy atom. The molecule has 1 nitrogen and oxygen atoms in total. The highest BCUT2D eigenvalue weighted by Gasteiger charge is 1.99. The first-order valence-electron chi connectivity index (χ1n) is 4.38. The Hall–Kier alpha value is -0.980. The summed E-state index contributed by atoms with van der Waals surface area (Å²) in [5, 5.41) is 9.36. The molecule has 1 heteroatoms. The van der Waals surface area contributed by atoms with Crippen LogP contribution in [0.5, 0.6) is 5.75 Å². The van der Waals surface area contributed by atoms with Crippen LogP contribution in [0.25, 0.3) is 0 Å². The maximum atomic E-state index is 9.36. The van der Waals surface area contributed by atoms with E-state index < -0.39 is 0 Å². The van der Waals surface area contributed by atoms with Crippen LogP contribution in [0.2, 0.25) is 0 Å². The second-order valence-corrected chi connectivity index (χ2v) is 2.96. The highest BCUT2D eigenvalue weighted by molar-refractivity contribution is 5.36. The van der Waals surface area contributed by atoms with Gasteiger partial charge in [0.1, 0.15) is 5.75 Å². The fraction of sp³-hybridized carbons (Fsp3) is 0.364. The minimum atomic E-state index is 0.366. The molecule has 65 valence electrons. The summed E-state index contributed by atoms with van der Waals surface area (Å²) in [4.78, 5) is 0. The third-order valence-electron chi connectivity index (χ3n) is 1.95. The van der Waals surface area contributed by atoms with Crippen molar-refractivity contribution in [3.8, 4) is 5.75 Å². The van der Waals surface area contributed by atoms with Gasteiger partial charge in [-0.2, -0.15) is 0 Å². The molecule has 1 rings (SSSR count). The molecule has 0 atom stereocenters. The lowest BCUT2D eigenvalue weighted by molar-refractivity contribution is 0.469. The van der Waals surface area contributed by atoms with Crippen LogP contribution in [-0.4, -0.2) is 5.11 Å². The van der Waals surface area contributed by atoms with E-state index in [1.807, 2.05) is 12.1 Å². The zero-order valence-corrected chi connectivity index (χ0v) is 7.51. The number of hydrogen-bond donors (Lipinski definition) is 1. The first-order chi connectivity index (χ1) is 5.77. The van der Waals surface area contributed by atoms with Gasteiger partial charge >= 0.3 is 0 Å². The lowest BCUT2D eigenvalue weighted by Crippen LogP contribution is -1.87. The Morgan fingerprint density at radius 1 is 1.42 bits per heavy atom. The smallest absolute Gasteiger partial charge is 0.118 e. The van der Waals surface area contributed by atoms with Crippen molar-refractivity contribution < 1.29 is 5.11 Å². The van der Waals surface area contributed by atoms with Crippen LogP contribution in [0.3, 0.4) is 0 Å². The second kappa shape index (κ2) is 4.15. The molecular weight excluding hydrogens is 148 g/mol. The van der Waals surface area contributed by atoms with Gasteiger partial charge in [0.25, 0.3) is 0 Å². The van der Waals surface area contributed by atoms with Crippen LogP contribution in [0.4, 0.5) is 0 Å². The van der Waals surface area contributed by atoms with E-state index in [4.69, 9.17) is 0 Å². The molecule has 1 aromatic rings. The van der Waals surface area contributed by atoms with Crippen LogP contribution in [0.1, 0.15) is 24.5 Å². The molecule has 1 radical (unpaired) electrons. The Balaban J connectivity index is 2.89. The van der Waals surface area contributed by atoms with Crippen molar-refractivity contribution in [3.63, 3.8) is 0 Å². The number of aromatic hydroxyl groups is 1. The van der Waals surface area contributed by atoms with Gasteiger partial charge in [0.05, 0.1) is 0 Å². The van der Waals surface area contributed by atoms with E-state index in [0.717, 1.165) is 18.4 Å². The van der Waals surface area contributed by atoms with Crippen molar-refractivity contribution in [2.24, 2.45) is 0 Å². The Morgan fingerprint density at radius 3 is 2.75 bits per heavy atom. The highest BCUT2D eigenvalue weighted by Crippen LogP contribution is 2.19. The highest BCUT2D eigenvalue weighted by atomic mass is 16.3. The maximum Gasteiger partial charge on any atom is 0.118 e. The summed E-state index contributed by atoms with van der Waals surface area (Å²) in [6, 6.07) is 5.76. The number of benzene rings is 1. The van der Waals surface area contributed by atoms with Crippen molar-refractivity contribution >= 4 is 0 Å². The molecule has 0 aromatic heterocycles. The van der Waals surface area contributed by atoms with Crippen LogP contribution < -0.4 is 0 Å². The van der Waals surface area contributed by atoms with Crippen LogP contribution in [0, 0.1) is 6.92 Å². The van der Waals surface area contributed by atoms with Gasteiger partial charge in [0, 0.05) is 0 Å². The molecule has 0 bridgehead atoms. The summed E-state index contributed by atoms with van der Waals surface area (Å²) in [7, 11) is 0. The van der Waals surface area contributed by atoms with Gasteiger partial charge in [0.15, 0.2) is 0 Å². The number of phenolic OH excluding ortho intramolecular Hbond substituents is 1. The van der Waals surface area contributed by atoms with Crippen molar-refractivity contribution in [1.29, 1.82) is 0 Å². The molecule has 0 saturated carbocycles. The molecule has 0 amide bonds. The quantitative estimate of drug-likeness (QED) is 0.726. The number of rotatable bonds is 3. The normalized spacial score (nSPS) is 10.2. The minimum absolute atomic E-state index is 0.366. The van der Waals surface area contributed by atoms with E-state index in [-0.39, 0.29) is 0 Å². The summed E-state index contributed by atoms with van der Waals surface area (Å²) in [5.41, 5.74) is 2.23. The van der Waals surface area contributed by atoms with Gasteiger partial charge in [-0.25, -0.2) is 0 Å². The van der Waals surface area contributed by atoms with E-state index >= 15 is 0 Å². The van der Waals surface area contributed by atoms with Gasteiger partial charge in [-0.05, 0) is 37.0 Å². The molecule has 0 aliphatic carbocycles. The van der Waals surface area contributed by atoms with Crippen molar-refractivity contribution in [2.45, 2.75) is 26.2 Å². The molecule has 0 aliphatic rings. The molecule has 0 fully saturated rings. The minimum Gasteiger partial charge on any atom is -0.508 e. The van der Waals surface area contributed by atoms with Gasteiger partial charge in [0.2, 0.25) is 0 Å². The molecule has 0 saturated heterocycles. The number of aryl methyl sites for hydroxylation is 1. The average molecular weight is 163 g/mol. The SMILES string of the molecule is [CH2]Cc1cc(CCC)ccc1O. The van der Waals surface area contributed by atoms with Gasteiger partial charge in [-0.1, -0.05) is 25.5 Å². The lowest BCUT2D eigenvalue weighted by atomic mass is 10.0. The second-order valence-electron chi connectivity index (χ2n) is 2.96. The van der Waals surface area contributed by atoms with E-state index in [9.17, 15) is 5.11 Å². The van der Waals surface area contributed by atoms with Crippen LogP contribution in [0.15, 0.2) is 18.2 Å². The summed E-state index contributed by atoms with van der Waals surface area (Å²) in [5.74, 6) is 0.366. The van der Waals surface area contributed by atoms with Crippen molar-refractivity contribution in [1.82, 2.24) is 0 Å². The molecule has 1 aromatic carbocycles. The predicted octanol–water partition coefficient (Wildman–Crippen LogP) is 2.72. The number of hydrogen-bond acceptors (Lipinski definition) is 1. The summed E-state index contributed by atoms with van der Waals surface area (Å²) < 4.78 is 0. The first kappa shape index (κ1) is 9.11. The van der Waals surface area contributed by atoms with Gasteiger partial charge in [-0.15, -0.1) is 0 Å². The molecular formula is C11H15O. The lowest BCUT2D eigenvalue weighted by Gasteiger charge is -2.04. The molecule has 12 heavy (non-hydrogen) atoms. The molecule has 1 N–H and O–H groups in total. The standard InChI is InChI=1S/C11H15O/c1-3-5-9-6-7-11(12)10(4-2)8-9/h6-8,12H,2-5H2,1H3. The summed E-state index contributed by atoms with van der Waals surface area (Å²) >= 11 is 0. The molecule has 0 spiro atoms. The average Bonchev–Trinajstić information content (AvgIpc) is 2.09. The zero-order chi connectivity index (χ0) is 8.97. The molecule has 0 heterocycles. The predicted molar refractivity (Wildman–Crippen MR) is 51.2 cm³/mol. The molecule has 0 unspecified atom stereocenters. The van der Waals surface area contributed by atoms with Gasteiger partial charge < -0.3 is 5.11 Å². The Kier molecular flexibility index (Phi) is 3.15. The third kappa shape index (κ3) is 2.00. The monoisotopic (exact) mass is 163 g/mol. The van der Waals surface area contributed by atoms with Crippen LogP contribution in [-0.2, 0) is 12.8 Å². The topological polar surface area (TPSA) is 20.2 Å². The summed E-state index contributed by atoms with van der Waals surface area (Å²) in [6.45, 7) is 5.91. The zero-order valence-electron chi connectivity index (χ0n) is 7.51. The maximum absolute atomic E-state index is 9.36. The van der Waals surface area contributed by atoms with Gasteiger partial charge in [-0.3, -0.25) is 0 Å². The van der Waals surface area contributed by atoms with E-state index in [0.29, 0.717) is 12.2 Å². The number of phenols is 1. The largest absolute Gasteiger partial charge is 0.508 e. The van der Waals surface area contributed by atoms with E-state index in [1.165, 1.54) is 5.56 Å².